The van der Waals surface area contributed by atoms with E-state index in [4.69, 9.17) is 11.6 Å². The van der Waals surface area contributed by atoms with Gasteiger partial charge < -0.3 is 0 Å². The van der Waals surface area contributed by atoms with Crippen LogP contribution in [0.15, 0.2) is 29.3 Å². The van der Waals surface area contributed by atoms with E-state index in [0.29, 0.717) is 16.8 Å². The van der Waals surface area contributed by atoms with E-state index in [9.17, 15) is 9.59 Å². The maximum absolute atomic E-state index is 13.1. The number of benzene rings is 1. The number of imide groups is 1. The minimum Gasteiger partial charge on any atom is -0.270 e. The molecule has 2 aliphatic heterocycles. The number of aliphatic imine (C=N–C) groups is 1. The number of amidine groups is 1. The van der Waals surface area contributed by atoms with Crippen LogP contribution in [0.25, 0.3) is 0 Å². The molecule has 3 heterocycles. The van der Waals surface area contributed by atoms with E-state index in [1.54, 1.807) is 19.2 Å². The van der Waals surface area contributed by atoms with Gasteiger partial charge in [0.1, 0.15) is 11.4 Å². The Hall–Kier alpha value is -2.67. The van der Waals surface area contributed by atoms with Crippen LogP contribution in [0.4, 0.5) is 10.7 Å². The summed E-state index contributed by atoms with van der Waals surface area (Å²) in [6.07, 6.45) is 0. The number of aryl methyl sites for hydroxylation is 1. The number of aromatic nitrogens is 2. The van der Waals surface area contributed by atoms with E-state index in [1.807, 2.05) is 30.5 Å². The Morgan fingerprint density at radius 2 is 1.92 bits per heavy atom. The van der Waals surface area contributed by atoms with Crippen LogP contribution in [-0.2, 0) is 11.3 Å². The van der Waals surface area contributed by atoms with Gasteiger partial charge in [-0.15, -0.1) is 0 Å². The van der Waals surface area contributed by atoms with Gasteiger partial charge in [-0.25, -0.2) is 14.3 Å². The van der Waals surface area contributed by atoms with Gasteiger partial charge >= 0.3 is 12.0 Å². The van der Waals surface area contributed by atoms with Crippen LogP contribution in [0.1, 0.15) is 23.0 Å². The number of halogens is 1. The van der Waals surface area contributed by atoms with E-state index in [-0.39, 0.29) is 18.5 Å². The molecule has 0 spiro atoms. The Balaban J connectivity index is 1.73. The molecular formula is C17H17ClN5O2+. The second-order valence-electron chi connectivity index (χ2n) is 6.29. The quantitative estimate of drug-likeness (QED) is 0.836. The summed E-state index contributed by atoms with van der Waals surface area (Å²) in [6, 6.07) is 6.12. The zero-order chi connectivity index (χ0) is 17.9. The Bertz CT molecular complexity index is 931. The average molecular weight is 359 g/mol. The summed E-state index contributed by atoms with van der Waals surface area (Å²) in [5.74, 6) is 0.774. The first-order chi connectivity index (χ1) is 11.9. The number of urea groups is 1. The normalized spacial score (nSPS) is 19.2. The lowest BCUT2D eigenvalue weighted by molar-refractivity contribution is -0.682. The predicted molar refractivity (Wildman–Crippen MR) is 91.8 cm³/mol. The Kier molecular flexibility index (Phi) is 3.43. The summed E-state index contributed by atoms with van der Waals surface area (Å²) in [7, 11) is 1.64. The first-order valence-corrected chi connectivity index (χ1v) is 8.29. The maximum atomic E-state index is 13.1. The molecule has 0 bridgehead atoms. The van der Waals surface area contributed by atoms with Crippen LogP contribution in [0, 0.1) is 13.8 Å². The SMILES string of the molecule is Cc1[nH]c2[n+](c1C)C1C(=O)N(Cc3ccc(Cl)cc3)C(=O)N(C)C1=N2. The van der Waals surface area contributed by atoms with Gasteiger partial charge in [-0.05, 0) is 31.5 Å². The molecule has 2 aromatic rings. The van der Waals surface area contributed by atoms with Crippen LogP contribution in [0.2, 0.25) is 5.02 Å². The minimum absolute atomic E-state index is 0.196. The van der Waals surface area contributed by atoms with Crippen LogP contribution >= 0.6 is 11.6 Å². The van der Waals surface area contributed by atoms with E-state index in [2.05, 4.69) is 9.98 Å². The van der Waals surface area contributed by atoms with Gasteiger partial charge in [0.15, 0.2) is 0 Å². The molecule has 1 aromatic carbocycles. The summed E-state index contributed by atoms with van der Waals surface area (Å²) in [5, 5.41) is 0.612. The number of rotatable bonds is 2. The lowest BCUT2D eigenvalue weighted by Crippen LogP contribution is -2.63. The van der Waals surface area contributed by atoms with E-state index < -0.39 is 6.04 Å². The van der Waals surface area contributed by atoms with Crippen molar-refractivity contribution < 1.29 is 14.2 Å². The minimum atomic E-state index is -0.616. The lowest BCUT2D eigenvalue weighted by Gasteiger charge is -2.33. The third-order valence-electron chi connectivity index (χ3n) is 4.77. The molecule has 1 N–H and O–H groups in total. The first kappa shape index (κ1) is 15.8. The number of amides is 3. The molecule has 1 aromatic heterocycles. The molecule has 8 heteroatoms. The average Bonchev–Trinajstić information content (AvgIpc) is 3.08. The number of hydrogen-bond acceptors (Lipinski definition) is 3. The van der Waals surface area contributed by atoms with Crippen LogP contribution in [0.5, 0.6) is 0 Å². The van der Waals surface area contributed by atoms with Gasteiger partial charge in [-0.1, -0.05) is 28.7 Å². The standard InChI is InChI=1S/C17H16ClN5O2/c1-9-10(2)23-13-14(20-16(23)19-9)21(3)17(25)22(15(13)24)8-11-4-6-12(18)7-5-11/h4-7,13H,8H2,1-3H3/p+1. The highest BCUT2D eigenvalue weighted by Crippen LogP contribution is 2.29. The first-order valence-electron chi connectivity index (χ1n) is 7.91. The van der Waals surface area contributed by atoms with Crippen molar-refractivity contribution in [1.29, 1.82) is 0 Å². The molecule has 128 valence electrons. The van der Waals surface area contributed by atoms with Gasteiger partial charge in [0.25, 0.3) is 5.91 Å². The van der Waals surface area contributed by atoms with Crippen molar-refractivity contribution in [3.8, 4) is 0 Å². The summed E-state index contributed by atoms with van der Waals surface area (Å²) < 4.78 is 1.85. The zero-order valence-corrected chi connectivity index (χ0v) is 14.8. The van der Waals surface area contributed by atoms with Gasteiger partial charge in [0, 0.05) is 12.1 Å². The molecular weight excluding hydrogens is 342 g/mol. The predicted octanol–water partition coefficient (Wildman–Crippen LogP) is 2.25. The second-order valence-corrected chi connectivity index (χ2v) is 6.73. The lowest BCUT2D eigenvalue weighted by atomic mass is 10.1. The fraction of sp³-hybridized carbons (Fsp3) is 0.294. The van der Waals surface area contributed by atoms with Gasteiger partial charge in [-0.3, -0.25) is 14.6 Å². The fourth-order valence-corrected chi connectivity index (χ4v) is 3.38. The Morgan fingerprint density at radius 3 is 2.60 bits per heavy atom. The van der Waals surface area contributed by atoms with Crippen molar-refractivity contribution in [3.05, 3.63) is 46.2 Å². The third-order valence-corrected chi connectivity index (χ3v) is 5.02. The molecule has 1 atom stereocenters. The second kappa shape index (κ2) is 5.42. The number of nitrogens with one attached hydrogen (secondary N) is 1. The van der Waals surface area contributed by atoms with Crippen molar-refractivity contribution >= 4 is 35.3 Å². The van der Waals surface area contributed by atoms with Crippen molar-refractivity contribution in [2.24, 2.45) is 4.99 Å². The number of likely N-dealkylation sites (N-methyl/N-ethyl adjacent to an activating group) is 1. The summed E-state index contributed by atoms with van der Waals surface area (Å²) in [4.78, 5) is 36.1. The molecule has 2 aliphatic rings. The largest absolute Gasteiger partial charge is 0.399 e. The van der Waals surface area contributed by atoms with Crippen LogP contribution in [0.3, 0.4) is 0 Å². The van der Waals surface area contributed by atoms with Gasteiger partial charge in [0.2, 0.25) is 11.9 Å². The monoisotopic (exact) mass is 358 g/mol. The van der Waals surface area contributed by atoms with Gasteiger partial charge in [-0.2, -0.15) is 0 Å². The summed E-state index contributed by atoms with van der Waals surface area (Å²) >= 11 is 5.91. The molecule has 25 heavy (non-hydrogen) atoms. The number of aromatic amines is 1. The topological polar surface area (TPSA) is 72.7 Å². The Labute approximate surface area is 149 Å². The smallest absolute Gasteiger partial charge is 0.270 e. The van der Waals surface area contributed by atoms with Crippen molar-refractivity contribution in [1.82, 2.24) is 14.8 Å². The van der Waals surface area contributed by atoms with E-state index in [1.165, 1.54) is 9.80 Å². The molecule has 1 saturated heterocycles. The summed E-state index contributed by atoms with van der Waals surface area (Å²) in [6.45, 7) is 4.06. The van der Waals surface area contributed by atoms with Crippen LogP contribution < -0.4 is 4.57 Å². The number of carbonyl (C=O) groups is 2. The number of imidazole rings is 1. The molecule has 7 nitrogen and oxygen atoms in total. The third kappa shape index (κ3) is 2.26. The highest BCUT2D eigenvalue weighted by atomic mass is 35.5. The van der Waals surface area contributed by atoms with E-state index >= 15 is 0 Å². The highest BCUT2D eigenvalue weighted by Gasteiger charge is 2.53. The van der Waals surface area contributed by atoms with Crippen molar-refractivity contribution in [2.45, 2.75) is 26.4 Å². The maximum Gasteiger partial charge on any atom is 0.399 e. The van der Waals surface area contributed by atoms with Gasteiger partial charge in [0.05, 0.1) is 6.54 Å². The molecule has 1 fully saturated rings. The number of nitrogens with zero attached hydrogens (tertiary/aromatic N) is 4. The number of carbonyl (C=O) groups excluding carboxylic acids is 2. The molecule has 0 saturated carbocycles. The molecule has 0 radical (unpaired) electrons. The van der Waals surface area contributed by atoms with Crippen LogP contribution in [-0.4, -0.2) is 39.6 Å². The molecule has 1 unspecified atom stereocenters. The number of H-pyrrole nitrogens is 1. The van der Waals surface area contributed by atoms with Crippen molar-refractivity contribution in [3.63, 3.8) is 0 Å². The molecule has 3 amide bonds. The number of fused-ring (bicyclic) bond motifs is 3. The summed E-state index contributed by atoms with van der Waals surface area (Å²) in [5.41, 5.74) is 2.72. The fourth-order valence-electron chi connectivity index (χ4n) is 3.26. The number of hydrogen-bond donors (Lipinski definition) is 1. The molecule has 4 rings (SSSR count). The Morgan fingerprint density at radius 1 is 1.24 bits per heavy atom. The van der Waals surface area contributed by atoms with E-state index in [0.717, 1.165) is 17.0 Å². The van der Waals surface area contributed by atoms with Crippen molar-refractivity contribution in [2.75, 3.05) is 7.05 Å². The zero-order valence-electron chi connectivity index (χ0n) is 14.1. The molecule has 0 aliphatic carbocycles. The highest BCUT2D eigenvalue weighted by molar-refractivity contribution is 6.30.